The lowest BCUT2D eigenvalue weighted by Gasteiger charge is -2.28. The Hall–Kier alpha value is -2.66. The number of rotatable bonds is 7. The third-order valence-electron chi connectivity index (χ3n) is 7.65. The summed E-state index contributed by atoms with van der Waals surface area (Å²) in [7, 11) is -4.06. The van der Waals surface area contributed by atoms with Crippen molar-refractivity contribution in [2.75, 3.05) is 19.6 Å². The first kappa shape index (κ1) is 24.1. The fraction of sp³-hybridized carbons (Fsp3) is 0.480. The zero-order valence-corrected chi connectivity index (χ0v) is 20.6. The molecule has 35 heavy (non-hydrogen) atoms. The molecule has 0 amide bonds. The third-order valence-corrected chi connectivity index (χ3v) is 8.69. The summed E-state index contributed by atoms with van der Waals surface area (Å²) in [5.74, 6) is 1.67. The molecule has 1 aliphatic heterocycles. The predicted molar refractivity (Wildman–Crippen MR) is 135 cm³/mol. The van der Waals surface area contributed by atoms with Gasteiger partial charge in [-0.25, -0.2) is 13.6 Å². The second-order valence-electron chi connectivity index (χ2n) is 9.90. The summed E-state index contributed by atoms with van der Waals surface area (Å²) in [5.41, 5.74) is 9.85. The van der Waals surface area contributed by atoms with E-state index in [2.05, 4.69) is 38.1 Å². The van der Waals surface area contributed by atoms with Crippen LogP contribution in [0.25, 0.3) is 22.5 Å². The maximum absolute atomic E-state index is 13.0. The Labute approximate surface area is 206 Å². The molecule has 1 saturated heterocycles. The van der Waals surface area contributed by atoms with E-state index in [0.717, 1.165) is 56.3 Å². The van der Waals surface area contributed by atoms with Crippen LogP contribution < -0.4 is 16.2 Å². The molecule has 1 aliphatic carbocycles. The van der Waals surface area contributed by atoms with Crippen molar-refractivity contribution in [3.05, 3.63) is 47.5 Å². The van der Waals surface area contributed by atoms with E-state index in [1.54, 1.807) is 0 Å². The van der Waals surface area contributed by atoms with Crippen LogP contribution in [0, 0.1) is 11.8 Å². The number of tetrazole rings is 1. The zero-order valence-electron chi connectivity index (χ0n) is 19.8. The number of hydrogen-bond acceptors (Lipinski definition) is 7. The molecule has 186 valence electrons. The molecular formula is C25H33N7O2S. The van der Waals surface area contributed by atoms with E-state index in [9.17, 15) is 8.42 Å². The topological polar surface area (TPSA) is 153 Å². The maximum atomic E-state index is 13.0. The lowest BCUT2D eigenvalue weighted by atomic mass is 9.79. The summed E-state index contributed by atoms with van der Waals surface area (Å²) in [5, 5.41) is 23.7. The van der Waals surface area contributed by atoms with Crippen LogP contribution in [0.2, 0.25) is 0 Å². The number of H-pyrrole nitrogens is 1. The van der Waals surface area contributed by atoms with Crippen LogP contribution in [0.3, 0.4) is 0 Å². The monoisotopic (exact) mass is 495 g/mol. The fourth-order valence-corrected chi connectivity index (χ4v) is 6.70. The van der Waals surface area contributed by atoms with Crippen LogP contribution in [-0.2, 0) is 16.4 Å². The Morgan fingerprint density at radius 3 is 2.31 bits per heavy atom. The summed E-state index contributed by atoms with van der Waals surface area (Å²) < 4.78 is 26.0. The van der Waals surface area contributed by atoms with E-state index in [4.69, 9.17) is 10.9 Å². The molecule has 2 aromatic carbocycles. The highest BCUT2D eigenvalue weighted by Gasteiger charge is 2.29. The van der Waals surface area contributed by atoms with E-state index in [1.165, 1.54) is 5.56 Å². The number of aromatic amines is 1. The van der Waals surface area contributed by atoms with Crippen molar-refractivity contribution in [1.82, 2.24) is 25.9 Å². The number of sulfonamides is 1. The van der Waals surface area contributed by atoms with Crippen LogP contribution in [0.15, 0.2) is 41.3 Å². The van der Waals surface area contributed by atoms with Gasteiger partial charge in [0, 0.05) is 6.54 Å². The van der Waals surface area contributed by atoms with Crippen molar-refractivity contribution in [2.24, 2.45) is 22.7 Å². The SMILES string of the molecule is NCC1CCC(Cc2ccc(-c3ccc(C4CCNC4)cc3)c(-c3nn[nH]n3)c2S(N)(=O)=O)CC1. The molecule has 10 heteroatoms. The molecule has 5 rings (SSSR count). The molecule has 2 fully saturated rings. The van der Waals surface area contributed by atoms with Crippen LogP contribution in [-0.4, -0.2) is 48.7 Å². The van der Waals surface area contributed by atoms with Crippen LogP contribution >= 0.6 is 0 Å². The Balaban J connectivity index is 1.57. The average Bonchev–Trinajstić information content (AvgIpc) is 3.58. The van der Waals surface area contributed by atoms with Gasteiger partial charge < -0.3 is 11.1 Å². The average molecular weight is 496 g/mol. The minimum Gasteiger partial charge on any atom is -0.330 e. The Morgan fingerprint density at radius 2 is 1.71 bits per heavy atom. The van der Waals surface area contributed by atoms with Gasteiger partial charge in [0.05, 0.1) is 10.5 Å². The lowest BCUT2D eigenvalue weighted by Crippen LogP contribution is -2.23. The van der Waals surface area contributed by atoms with Crippen molar-refractivity contribution in [2.45, 2.75) is 49.3 Å². The van der Waals surface area contributed by atoms with E-state index < -0.39 is 10.0 Å². The standard InChI is InChI=1S/C25H33N7O2S/c26-14-17-3-1-16(2-4-17)13-20-9-10-22(19-7-5-18(6-8-19)21-11-12-28-15-21)23(24(20)35(27,33)34)25-29-31-32-30-25/h5-10,16-17,21,28H,1-4,11-15,26H2,(H2,27,33,34)(H,29,30,31,32). The lowest BCUT2D eigenvalue weighted by molar-refractivity contribution is 0.278. The van der Waals surface area contributed by atoms with Gasteiger partial charge in [-0.2, -0.15) is 5.21 Å². The Kier molecular flexibility index (Phi) is 6.97. The smallest absolute Gasteiger partial charge is 0.239 e. The van der Waals surface area contributed by atoms with E-state index in [0.29, 0.717) is 41.8 Å². The van der Waals surface area contributed by atoms with Crippen molar-refractivity contribution >= 4 is 10.0 Å². The van der Waals surface area contributed by atoms with Crippen molar-refractivity contribution < 1.29 is 8.42 Å². The number of nitrogens with two attached hydrogens (primary N) is 2. The predicted octanol–water partition coefficient (Wildman–Crippen LogP) is 2.57. The molecule has 1 atom stereocenters. The summed E-state index contributed by atoms with van der Waals surface area (Å²) >= 11 is 0. The van der Waals surface area contributed by atoms with Gasteiger partial charge >= 0.3 is 0 Å². The quantitative estimate of drug-likeness (QED) is 0.393. The van der Waals surface area contributed by atoms with Crippen molar-refractivity contribution in [1.29, 1.82) is 0 Å². The van der Waals surface area contributed by atoms with Crippen LogP contribution in [0.4, 0.5) is 0 Å². The second kappa shape index (κ2) is 10.1. The highest BCUT2D eigenvalue weighted by Crippen LogP contribution is 2.40. The molecule has 2 heterocycles. The largest absolute Gasteiger partial charge is 0.330 e. The van der Waals surface area contributed by atoms with E-state index in [1.807, 2.05) is 24.3 Å². The van der Waals surface area contributed by atoms with E-state index >= 15 is 0 Å². The highest BCUT2D eigenvalue weighted by atomic mass is 32.2. The number of nitrogens with one attached hydrogen (secondary N) is 2. The van der Waals surface area contributed by atoms with Crippen molar-refractivity contribution in [3.8, 4) is 22.5 Å². The van der Waals surface area contributed by atoms with Gasteiger partial charge in [-0.05, 0) is 96.8 Å². The fourth-order valence-electron chi connectivity index (χ4n) is 5.70. The molecular weight excluding hydrogens is 462 g/mol. The molecule has 3 aromatic rings. The molecule has 0 spiro atoms. The second-order valence-corrected chi connectivity index (χ2v) is 11.4. The van der Waals surface area contributed by atoms with Gasteiger partial charge in [-0.1, -0.05) is 36.4 Å². The normalized spacial score (nSPS) is 23.0. The first-order valence-corrected chi connectivity index (χ1v) is 13.9. The summed E-state index contributed by atoms with van der Waals surface area (Å²) in [6, 6.07) is 12.2. The minimum atomic E-state index is -4.06. The molecule has 0 radical (unpaired) electrons. The Morgan fingerprint density at radius 1 is 0.971 bits per heavy atom. The third kappa shape index (κ3) is 5.16. The number of primary sulfonamides is 1. The molecule has 1 aromatic heterocycles. The minimum absolute atomic E-state index is 0.0985. The van der Waals surface area contributed by atoms with Crippen LogP contribution in [0.1, 0.15) is 49.1 Å². The van der Waals surface area contributed by atoms with Gasteiger partial charge in [0.15, 0.2) is 0 Å². The molecule has 1 unspecified atom stereocenters. The summed E-state index contributed by atoms with van der Waals surface area (Å²) in [4.78, 5) is 0.0985. The Bertz CT molecular complexity index is 1250. The van der Waals surface area contributed by atoms with Crippen molar-refractivity contribution in [3.63, 3.8) is 0 Å². The number of aromatic nitrogens is 4. The first-order chi connectivity index (χ1) is 16.9. The van der Waals surface area contributed by atoms with Gasteiger partial charge in [-0.15, -0.1) is 10.2 Å². The number of nitrogens with zero attached hydrogens (tertiary/aromatic N) is 3. The van der Waals surface area contributed by atoms with Gasteiger partial charge in [0.25, 0.3) is 0 Å². The summed E-state index contributed by atoms with van der Waals surface area (Å²) in [6.07, 6.45) is 5.97. The number of benzene rings is 2. The summed E-state index contributed by atoms with van der Waals surface area (Å²) in [6.45, 7) is 2.72. The molecule has 2 aliphatic rings. The first-order valence-electron chi connectivity index (χ1n) is 12.4. The molecule has 1 saturated carbocycles. The molecule has 0 bridgehead atoms. The van der Waals surface area contributed by atoms with E-state index in [-0.39, 0.29) is 10.7 Å². The number of hydrogen-bond donors (Lipinski definition) is 4. The zero-order chi connectivity index (χ0) is 24.4. The van der Waals surface area contributed by atoms with Gasteiger partial charge in [0.1, 0.15) is 0 Å². The van der Waals surface area contributed by atoms with Crippen LogP contribution in [0.5, 0.6) is 0 Å². The van der Waals surface area contributed by atoms with Gasteiger partial charge in [-0.3, -0.25) is 0 Å². The maximum Gasteiger partial charge on any atom is 0.239 e. The molecule has 9 nitrogen and oxygen atoms in total. The molecule has 6 N–H and O–H groups in total. The van der Waals surface area contributed by atoms with Gasteiger partial charge in [0.2, 0.25) is 15.8 Å². The highest BCUT2D eigenvalue weighted by molar-refractivity contribution is 7.89.